The molecule has 20 N–H and O–H groups in total. The Morgan fingerprint density at radius 2 is 0.870 bits per heavy atom. The highest BCUT2D eigenvalue weighted by Crippen LogP contribution is 2.08. The molecule has 0 bridgehead atoms. The van der Waals surface area contributed by atoms with Gasteiger partial charge in [0.2, 0.25) is 53.2 Å². The largest absolute Gasteiger partial charge is 0.481 e. The Morgan fingerprint density at radius 3 is 1.32 bits per heavy atom. The highest BCUT2D eigenvalue weighted by Gasteiger charge is 2.34. The van der Waals surface area contributed by atoms with Crippen molar-refractivity contribution in [2.24, 2.45) is 23.1 Å². The Labute approximate surface area is 395 Å². The molecule has 0 radical (unpaired) electrons. The summed E-state index contributed by atoms with van der Waals surface area (Å²) in [5.74, 6) is -16.7. The molecule has 7 atom stereocenters. The minimum Gasteiger partial charge on any atom is -0.481 e. The molecule has 0 aromatic carbocycles. The number of aliphatic hydroxyl groups excluding tert-OH is 1. The van der Waals surface area contributed by atoms with Crippen LogP contribution in [0.5, 0.6) is 0 Å². The maximum absolute atomic E-state index is 13.6. The molecule has 0 aliphatic heterocycles. The summed E-state index contributed by atoms with van der Waals surface area (Å²) in [7, 11) is 0. The quantitative estimate of drug-likeness (QED) is 0.0259. The number of amides is 9. The zero-order valence-corrected chi connectivity index (χ0v) is 38.2. The third kappa shape index (κ3) is 26.8. The second-order valence-corrected chi connectivity index (χ2v) is 15.7. The van der Waals surface area contributed by atoms with Gasteiger partial charge in [0.1, 0.15) is 36.3 Å². The monoisotopic (exact) mass is 990 g/mol. The molecule has 0 aromatic rings. The topological polar surface area (TPSA) is 509 Å². The summed E-state index contributed by atoms with van der Waals surface area (Å²) in [5.41, 5.74) is 16.6. The van der Waals surface area contributed by atoms with E-state index in [1.807, 2.05) is 5.32 Å². The molecule has 0 aromatic heterocycles. The van der Waals surface area contributed by atoms with E-state index in [0.717, 1.165) is 0 Å². The van der Waals surface area contributed by atoms with Crippen LogP contribution < -0.4 is 65.1 Å². The number of nitrogens with one attached hydrogen (secondary N) is 9. The van der Waals surface area contributed by atoms with Crippen LogP contribution in [0.1, 0.15) is 78.1 Å². The fourth-order valence-corrected chi connectivity index (χ4v) is 5.83. The van der Waals surface area contributed by atoms with E-state index in [1.165, 1.54) is 13.8 Å². The van der Waals surface area contributed by atoms with E-state index in [4.69, 9.17) is 17.2 Å². The first-order chi connectivity index (χ1) is 32.4. The summed E-state index contributed by atoms with van der Waals surface area (Å²) in [5, 5.41) is 66.5. The molecule has 30 nitrogen and oxygen atoms in total. The van der Waals surface area contributed by atoms with Crippen molar-refractivity contribution in [2.45, 2.75) is 120 Å². The molecule has 0 spiro atoms. The lowest BCUT2D eigenvalue weighted by atomic mass is 10.0. The van der Waals surface area contributed by atoms with Crippen LogP contribution in [0.25, 0.3) is 0 Å². The average molecular weight is 991 g/mol. The van der Waals surface area contributed by atoms with Crippen LogP contribution in [0.3, 0.4) is 0 Å². The molecule has 0 saturated heterocycles. The Bertz CT molecular complexity index is 1820. The SMILES string of the molecule is CC(C)[C@H](NC(=O)[C@H](CCC(=O)O)NC(=O)[C@H](CC(=O)O)NC(=O)CNC(=O)[C@@H](N)CCCCN)C(=O)N[C@@H](CC(=O)O)C(=O)NCC(=O)N[C@@H](CO)C(=O)NCC(=O)N[C@@H](CCCCN)C(=O)O. The summed E-state index contributed by atoms with van der Waals surface area (Å²) in [6.07, 6.45) is -1.23. The lowest BCUT2D eigenvalue weighted by molar-refractivity contribution is -0.142. The highest BCUT2D eigenvalue weighted by molar-refractivity contribution is 5.98. The Balaban J connectivity index is 5.84. The standard InChI is InChI=1S/C39H66N12O18/c1-19(2)32(51-36(65)21(9-10-29(56)57)49-37(66)24(14-31(60)61)47-27(54)15-43-33(62)20(42)7-3-5-11-40)38(67)50-23(13-30(58)59)34(63)44-17-28(55)48-25(18-52)35(64)45-16-26(53)46-22(39(68)69)8-4-6-12-41/h19-25,32,52H,3-18,40-42H2,1-2H3,(H,43,62)(H,44,63)(H,45,64)(H,46,53)(H,47,54)(H,48,55)(H,49,66)(H,50,67)(H,51,65)(H,56,57)(H,58,59)(H,60,61)(H,68,69)/t20-,21-,22-,23-,24-,25-,32-/m0/s1. The third-order valence-electron chi connectivity index (χ3n) is 9.56. The second kappa shape index (κ2) is 33.4. The van der Waals surface area contributed by atoms with E-state index >= 15 is 0 Å². The van der Waals surface area contributed by atoms with Crippen molar-refractivity contribution in [3.05, 3.63) is 0 Å². The van der Waals surface area contributed by atoms with E-state index < -0.39 is 177 Å². The van der Waals surface area contributed by atoms with Crippen molar-refractivity contribution in [2.75, 3.05) is 39.3 Å². The maximum atomic E-state index is 13.6. The van der Waals surface area contributed by atoms with Gasteiger partial charge in [-0.25, -0.2) is 4.79 Å². The molecule has 390 valence electrons. The lowest BCUT2D eigenvalue weighted by Crippen LogP contribution is -2.60. The Hall–Kier alpha value is -7.05. The number of hydrogen-bond acceptors (Lipinski definition) is 17. The molecular formula is C39H66N12O18. The summed E-state index contributed by atoms with van der Waals surface area (Å²) < 4.78 is 0. The third-order valence-corrected chi connectivity index (χ3v) is 9.56. The molecule has 0 aliphatic carbocycles. The molecule has 0 heterocycles. The van der Waals surface area contributed by atoms with Gasteiger partial charge in [0.25, 0.3) is 0 Å². The average Bonchev–Trinajstić information content (AvgIpc) is 3.27. The molecule has 0 fully saturated rings. The Kier molecular flexibility index (Phi) is 30.0. The summed E-state index contributed by atoms with van der Waals surface area (Å²) in [4.78, 5) is 162. The second-order valence-electron chi connectivity index (χ2n) is 15.7. The first-order valence-corrected chi connectivity index (χ1v) is 21.6. The van der Waals surface area contributed by atoms with Gasteiger partial charge in [-0.2, -0.15) is 0 Å². The van der Waals surface area contributed by atoms with E-state index in [0.29, 0.717) is 38.8 Å². The van der Waals surface area contributed by atoms with Crippen molar-refractivity contribution in [3.8, 4) is 0 Å². The first-order valence-electron chi connectivity index (χ1n) is 21.6. The molecule has 9 amide bonds. The summed E-state index contributed by atoms with van der Waals surface area (Å²) >= 11 is 0. The zero-order chi connectivity index (χ0) is 52.8. The molecule has 69 heavy (non-hydrogen) atoms. The lowest BCUT2D eigenvalue weighted by Gasteiger charge is -2.27. The number of carboxylic acids is 4. The minimum absolute atomic E-state index is 0.0561. The number of aliphatic hydroxyl groups is 1. The first kappa shape index (κ1) is 61.9. The van der Waals surface area contributed by atoms with Gasteiger partial charge in [-0.05, 0) is 57.5 Å². The molecule has 30 heteroatoms. The number of carbonyl (C=O) groups is 13. The predicted octanol–water partition coefficient (Wildman–Crippen LogP) is -7.62. The molecule has 0 unspecified atom stereocenters. The van der Waals surface area contributed by atoms with Crippen LogP contribution in [-0.2, 0) is 62.3 Å². The number of nitrogens with two attached hydrogens (primary N) is 3. The van der Waals surface area contributed by atoms with E-state index in [2.05, 4.69) is 42.5 Å². The fraction of sp³-hybridized carbons (Fsp3) is 0.667. The van der Waals surface area contributed by atoms with Crippen LogP contribution in [0.15, 0.2) is 0 Å². The molecule has 0 aliphatic rings. The van der Waals surface area contributed by atoms with E-state index in [-0.39, 0.29) is 12.8 Å². The van der Waals surface area contributed by atoms with Crippen molar-refractivity contribution in [1.82, 2.24) is 47.9 Å². The maximum Gasteiger partial charge on any atom is 0.326 e. The number of carboxylic acid groups (broad SMARTS) is 4. The van der Waals surface area contributed by atoms with Gasteiger partial charge in [-0.3, -0.25) is 57.5 Å². The van der Waals surface area contributed by atoms with Gasteiger partial charge in [0, 0.05) is 6.42 Å². The number of hydrogen-bond donors (Lipinski definition) is 17. The van der Waals surface area contributed by atoms with Crippen LogP contribution in [-0.4, -0.2) is 184 Å². The number of aliphatic carboxylic acids is 4. The van der Waals surface area contributed by atoms with Gasteiger partial charge in [0.15, 0.2) is 0 Å². The van der Waals surface area contributed by atoms with Crippen molar-refractivity contribution >= 4 is 77.0 Å². The van der Waals surface area contributed by atoms with Gasteiger partial charge in [-0.15, -0.1) is 0 Å². The number of rotatable bonds is 36. The molecule has 0 rings (SSSR count). The number of unbranched alkanes of at least 4 members (excludes halogenated alkanes) is 2. The van der Waals surface area contributed by atoms with Crippen LogP contribution in [0.4, 0.5) is 0 Å². The fourth-order valence-electron chi connectivity index (χ4n) is 5.83. The van der Waals surface area contributed by atoms with Crippen molar-refractivity contribution in [1.29, 1.82) is 0 Å². The minimum atomic E-state index is -1.93. The van der Waals surface area contributed by atoms with Crippen molar-refractivity contribution < 1.29 is 87.9 Å². The van der Waals surface area contributed by atoms with Gasteiger partial charge in [-0.1, -0.05) is 20.3 Å². The van der Waals surface area contributed by atoms with Crippen LogP contribution in [0, 0.1) is 5.92 Å². The molecule has 0 saturated carbocycles. The normalized spacial score (nSPS) is 13.8. The predicted molar refractivity (Wildman–Crippen MR) is 235 cm³/mol. The van der Waals surface area contributed by atoms with E-state index in [9.17, 15) is 87.9 Å². The molecular weight excluding hydrogens is 924 g/mol. The van der Waals surface area contributed by atoms with Crippen LogP contribution in [0.2, 0.25) is 0 Å². The van der Waals surface area contributed by atoms with E-state index in [1.54, 1.807) is 0 Å². The van der Waals surface area contributed by atoms with Crippen LogP contribution >= 0.6 is 0 Å². The summed E-state index contributed by atoms with van der Waals surface area (Å²) in [6, 6.07) is -11.2. The smallest absolute Gasteiger partial charge is 0.326 e. The van der Waals surface area contributed by atoms with Gasteiger partial charge < -0.3 is 90.6 Å². The van der Waals surface area contributed by atoms with Gasteiger partial charge >= 0.3 is 23.9 Å². The van der Waals surface area contributed by atoms with Gasteiger partial charge in [0.05, 0.1) is 45.1 Å². The highest BCUT2D eigenvalue weighted by atomic mass is 16.4. The Morgan fingerprint density at radius 1 is 0.449 bits per heavy atom. The zero-order valence-electron chi connectivity index (χ0n) is 38.2. The number of carbonyl (C=O) groups excluding carboxylic acids is 9. The summed E-state index contributed by atoms with van der Waals surface area (Å²) in [6.45, 7) is -0.00957. The van der Waals surface area contributed by atoms with Crippen molar-refractivity contribution in [3.63, 3.8) is 0 Å².